The highest BCUT2D eigenvalue weighted by Gasteiger charge is 2.45. The van der Waals surface area contributed by atoms with Gasteiger partial charge in [0.2, 0.25) is 0 Å². The summed E-state index contributed by atoms with van der Waals surface area (Å²) in [6.07, 6.45) is 2.39. The molecule has 0 bridgehead atoms. The van der Waals surface area contributed by atoms with Gasteiger partial charge in [0.15, 0.2) is 0 Å². The Labute approximate surface area is 265 Å². The summed E-state index contributed by atoms with van der Waals surface area (Å²) in [5, 5.41) is 0. The third kappa shape index (κ3) is 4.45. The monoisotopic (exact) mass is 581 g/mol. The normalized spacial score (nSPS) is 17.7. The number of para-hydroxylation sites is 1. The van der Waals surface area contributed by atoms with Gasteiger partial charge in [-0.05, 0) is 122 Å². The fourth-order valence-corrected chi connectivity index (χ4v) is 7.78. The standard InChI is InChI=1S/C41H48BNO/c1-25-18-34-37-36(19-25)44-35-24-30-29(40(8,9)16-17-41(30,10)11)23-32(35)42(37)31-14-12-13-15-33(31)43(34)28-21-26(38(2,3)4)20-27(22-28)39(5,6)7/h12-15,18-24H,16-17H2,1-11H3. The number of anilines is 3. The SMILES string of the molecule is Cc1cc2c3c(c1)N(c1cc(C(C)(C)C)cc(C(C)(C)C)c1)c1ccccc1B3c1cc3c(cc1O2)C(C)(C)CCC3(C)C. The summed E-state index contributed by atoms with van der Waals surface area (Å²) >= 11 is 0. The van der Waals surface area contributed by atoms with Gasteiger partial charge >= 0.3 is 0 Å². The largest absolute Gasteiger partial charge is 0.458 e. The molecular formula is C41H48BNO. The first-order chi connectivity index (χ1) is 20.5. The average Bonchev–Trinajstić information content (AvgIpc) is 2.93. The molecule has 3 heteroatoms. The second-order valence-corrected chi connectivity index (χ2v) is 17.1. The van der Waals surface area contributed by atoms with E-state index in [0.29, 0.717) is 0 Å². The molecule has 2 nitrogen and oxygen atoms in total. The number of rotatable bonds is 1. The summed E-state index contributed by atoms with van der Waals surface area (Å²) in [4.78, 5) is 2.52. The molecule has 44 heavy (non-hydrogen) atoms. The molecule has 0 atom stereocenters. The van der Waals surface area contributed by atoms with Gasteiger partial charge in [-0.3, -0.25) is 0 Å². The number of ether oxygens (including phenoxy) is 1. The summed E-state index contributed by atoms with van der Waals surface area (Å²) in [5.41, 5.74) is 14.8. The van der Waals surface area contributed by atoms with Gasteiger partial charge in [0.25, 0.3) is 6.71 Å². The minimum absolute atomic E-state index is 0.0294. The van der Waals surface area contributed by atoms with Gasteiger partial charge in [0.1, 0.15) is 11.5 Å². The van der Waals surface area contributed by atoms with Crippen LogP contribution in [0.3, 0.4) is 0 Å². The Balaban J connectivity index is 1.52. The van der Waals surface area contributed by atoms with Gasteiger partial charge in [0.05, 0.1) is 0 Å². The van der Waals surface area contributed by atoms with Crippen molar-refractivity contribution in [1.82, 2.24) is 0 Å². The molecule has 0 spiro atoms. The maximum absolute atomic E-state index is 6.96. The van der Waals surface area contributed by atoms with Crippen molar-refractivity contribution in [3.05, 3.63) is 94.5 Å². The zero-order chi connectivity index (χ0) is 31.6. The Bertz CT molecular complexity index is 1800. The first-order valence-corrected chi connectivity index (χ1v) is 16.5. The highest BCUT2D eigenvalue weighted by molar-refractivity contribution is 6.99. The summed E-state index contributed by atoms with van der Waals surface area (Å²) in [6.45, 7) is 25.9. The van der Waals surface area contributed by atoms with Gasteiger partial charge in [-0.25, -0.2) is 0 Å². The van der Waals surface area contributed by atoms with Crippen molar-refractivity contribution in [1.29, 1.82) is 0 Å². The summed E-state index contributed by atoms with van der Waals surface area (Å²) in [7, 11) is 0. The van der Waals surface area contributed by atoms with Crippen molar-refractivity contribution < 1.29 is 4.74 Å². The smallest absolute Gasteiger partial charge is 0.256 e. The van der Waals surface area contributed by atoms with Crippen molar-refractivity contribution in [3.63, 3.8) is 0 Å². The molecule has 4 aromatic rings. The molecular weight excluding hydrogens is 533 g/mol. The van der Waals surface area contributed by atoms with E-state index in [1.165, 1.54) is 74.1 Å². The van der Waals surface area contributed by atoms with E-state index in [0.717, 1.165) is 11.5 Å². The third-order valence-corrected chi connectivity index (χ3v) is 10.7. The second-order valence-electron chi connectivity index (χ2n) is 17.1. The van der Waals surface area contributed by atoms with Crippen molar-refractivity contribution in [2.45, 2.75) is 111 Å². The molecule has 0 radical (unpaired) electrons. The van der Waals surface area contributed by atoms with Crippen LogP contribution in [0.15, 0.2) is 66.7 Å². The zero-order valence-corrected chi connectivity index (χ0v) is 28.7. The fraction of sp³-hybridized carbons (Fsp3) is 0.415. The van der Waals surface area contributed by atoms with Crippen molar-refractivity contribution in [2.24, 2.45) is 0 Å². The fourth-order valence-electron chi connectivity index (χ4n) is 7.78. The molecule has 226 valence electrons. The molecule has 7 rings (SSSR count). The topological polar surface area (TPSA) is 12.5 Å². The van der Waals surface area contributed by atoms with Gasteiger partial charge < -0.3 is 9.64 Å². The summed E-state index contributed by atoms with van der Waals surface area (Å²) in [6, 6.07) is 25.9. The zero-order valence-electron chi connectivity index (χ0n) is 28.7. The number of hydrogen-bond acceptors (Lipinski definition) is 2. The van der Waals surface area contributed by atoms with Crippen molar-refractivity contribution in [2.75, 3.05) is 4.90 Å². The molecule has 2 aliphatic heterocycles. The van der Waals surface area contributed by atoms with Crippen LogP contribution in [0.25, 0.3) is 0 Å². The van der Waals surface area contributed by atoms with Crippen LogP contribution in [0.2, 0.25) is 0 Å². The van der Waals surface area contributed by atoms with E-state index in [-0.39, 0.29) is 28.4 Å². The number of nitrogens with zero attached hydrogens (tertiary/aromatic N) is 1. The van der Waals surface area contributed by atoms with Gasteiger partial charge in [-0.15, -0.1) is 0 Å². The van der Waals surface area contributed by atoms with Crippen molar-refractivity contribution in [3.8, 4) is 11.5 Å². The first-order valence-electron chi connectivity index (χ1n) is 16.5. The molecule has 0 saturated carbocycles. The Hall–Kier alpha value is -3.46. The van der Waals surface area contributed by atoms with Crippen LogP contribution in [0.4, 0.5) is 17.1 Å². The molecule has 2 heterocycles. The minimum atomic E-state index is 0.0294. The first kappa shape index (κ1) is 29.3. The van der Waals surface area contributed by atoms with E-state index in [9.17, 15) is 0 Å². The van der Waals surface area contributed by atoms with E-state index < -0.39 is 0 Å². The molecule has 0 aromatic heterocycles. The predicted molar refractivity (Wildman–Crippen MR) is 190 cm³/mol. The minimum Gasteiger partial charge on any atom is -0.458 e. The molecule has 0 unspecified atom stereocenters. The number of aryl methyl sites for hydroxylation is 1. The van der Waals surface area contributed by atoms with E-state index >= 15 is 0 Å². The lowest BCUT2D eigenvalue weighted by atomic mass is 9.33. The Kier molecular flexibility index (Phi) is 6.18. The second kappa shape index (κ2) is 9.29. The highest BCUT2D eigenvalue weighted by Crippen LogP contribution is 2.49. The van der Waals surface area contributed by atoms with Gasteiger partial charge in [-0.1, -0.05) is 99.6 Å². The highest BCUT2D eigenvalue weighted by atomic mass is 16.5. The molecule has 1 aliphatic carbocycles. The maximum atomic E-state index is 6.96. The van der Waals surface area contributed by atoms with Crippen LogP contribution in [0.5, 0.6) is 11.5 Å². The Morgan fingerprint density at radius 3 is 1.86 bits per heavy atom. The van der Waals surface area contributed by atoms with Gasteiger partial charge in [0, 0.05) is 17.1 Å². The van der Waals surface area contributed by atoms with E-state index in [2.05, 4.69) is 148 Å². The van der Waals surface area contributed by atoms with E-state index in [1.807, 2.05) is 0 Å². The third-order valence-electron chi connectivity index (χ3n) is 10.7. The van der Waals surface area contributed by atoms with Crippen molar-refractivity contribution >= 4 is 40.2 Å². The average molecular weight is 582 g/mol. The van der Waals surface area contributed by atoms with Crippen LogP contribution >= 0.6 is 0 Å². The molecule has 4 aromatic carbocycles. The van der Waals surface area contributed by atoms with E-state index in [1.54, 1.807) is 0 Å². The van der Waals surface area contributed by atoms with Crippen LogP contribution in [-0.4, -0.2) is 6.71 Å². The number of hydrogen-bond donors (Lipinski definition) is 0. The van der Waals surface area contributed by atoms with Gasteiger partial charge in [-0.2, -0.15) is 0 Å². The molecule has 0 saturated heterocycles. The molecule has 0 fully saturated rings. The predicted octanol–water partition coefficient (Wildman–Crippen LogP) is 9.34. The maximum Gasteiger partial charge on any atom is 0.256 e. The van der Waals surface area contributed by atoms with Crippen LogP contribution in [0.1, 0.15) is 110 Å². The number of fused-ring (bicyclic) bond motifs is 5. The summed E-state index contributed by atoms with van der Waals surface area (Å²) in [5.74, 6) is 2.02. The van der Waals surface area contributed by atoms with E-state index in [4.69, 9.17) is 4.74 Å². The van der Waals surface area contributed by atoms with Crippen LogP contribution < -0.4 is 26.0 Å². The lowest BCUT2D eigenvalue weighted by Crippen LogP contribution is -2.60. The molecule has 0 amide bonds. The molecule has 0 N–H and O–H groups in total. The Morgan fingerprint density at radius 1 is 0.659 bits per heavy atom. The van der Waals surface area contributed by atoms with Crippen LogP contribution in [0, 0.1) is 6.92 Å². The Morgan fingerprint density at radius 2 is 1.25 bits per heavy atom. The number of benzene rings is 4. The quantitative estimate of drug-likeness (QED) is 0.179. The lowest BCUT2D eigenvalue weighted by molar-refractivity contribution is 0.330. The van der Waals surface area contributed by atoms with Crippen LogP contribution in [-0.2, 0) is 21.7 Å². The molecule has 3 aliphatic rings. The summed E-state index contributed by atoms with van der Waals surface area (Å²) < 4.78 is 6.96. The lowest BCUT2D eigenvalue weighted by Gasteiger charge is -2.44.